The zero-order chi connectivity index (χ0) is 14.1. The Labute approximate surface area is 115 Å². The van der Waals surface area contributed by atoms with Crippen molar-refractivity contribution in [3.05, 3.63) is 47.5 Å². The van der Waals surface area contributed by atoms with Gasteiger partial charge in [-0.2, -0.15) is 5.10 Å². The first-order valence-electron chi connectivity index (χ1n) is 6.50. The van der Waals surface area contributed by atoms with Crippen molar-refractivity contribution in [2.24, 2.45) is 5.73 Å². The predicted octanol–water partition coefficient (Wildman–Crippen LogP) is 1.36. The fourth-order valence-electron chi connectivity index (χ4n) is 1.98. The molecule has 6 heteroatoms. The Morgan fingerprint density at radius 3 is 2.90 bits per heavy atom. The Balaban J connectivity index is 1.79. The topological polar surface area (TPSA) is 72.9 Å². The average Bonchev–Trinajstić information content (AvgIpc) is 3.11. The smallest absolute Gasteiger partial charge is 0.251 e. The number of nitrogens with zero attached hydrogens (tertiary/aromatic N) is 2. The van der Waals surface area contributed by atoms with Gasteiger partial charge in [-0.3, -0.25) is 4.79 Å². The maximum absolute atomic E-state index is 14.1. The van der Waals surface area contributed by atoms with Crippen molar-refractivity contribution < 1.29 is 9.18 Å². The highest BCUT2D eigenvalue weighted by molar-refractivity contribution is 5.92. The minimum Gasteiger partial charge on any atom is -0.366 e. The molecule has 0 spiro atoms. The molecule has 1 aromatic carbocycles. The van der Waals surface area contributed by atoms with Crippen LogP contribution < -0.4 is 11.1 Å². The van der Waals surface area contributed by atoms with Gasteiger partial charge in [-0.15, -0.1) is 0 Å². The number of halogens is 1. The van der Waals surface area contributed by atoms with Crippen LogP contribution in [0.15, 0.2) is 30.6 Å². The van der Waals surface area contributed by atoms with Gasteiger partial charge < -0.3 is 11.1 Å². The van der Waals surface area contributed by atoms with Crippen LogP contribution in [-0.2, 0) is 6.54 Å². The number of nitrogens with one attached hydrogen (secondary N) is 1. The van der Waals surface area contributed by atoms with E-state index in [4.69, 9.17) is 5.73 Å². The first-order chi connectivity index (χ1) is 9.63. The fraction of sp³-hybridized carbons (Fsp3) is 0.286. The minimum absolute atomic E-state index is 0.254. The molecule has 1 amide bonds. The van der Waals surface area contributed by atoms with Gasteiger partial charge in [-0.25, -0.2) is 9.07 Å². The van der Waals surface area contributed by atoms with Crippen molar-refractivity contribution in [3.63, 3.8) is 0 Å². The Bertz CT molecular complexity index is 648. The van der Waals surface area contributed by atoms with Crippen molar-refractivity contribution in [1.29, 1.82) is 0 Å². The zero-order valence-electron chi connectivity index (χ0n) is 10.8. The van der Waals surface area contributed by atoms with E-state index < -0.39 is 5.91 Å². The molecule has 1 fully saturated rings. The quantitative estimate of drug-likeness (QED) is 0.864. The summed E-state index contributed by atoms with van der Waals surface area (Å²) in [5.74, 6) is -0.957. The van der Waals surface area contributed by atoms with Crippen molar-refractivity contribution in [3.8, 4) is 5.69 Å². The Morgan fingerprint density at radius 2 is 2.30 bits per heavy atom. The Kier molecular flexibility index (Phi) is 3.23. The number of carbonyl (C=O) groups excluding carboxylic acids is 1. The van der Waals surface area contributed by atoms with E-state index in [0.717, 1.165) is 5.56 Å². The summed E-state index contributed by atoms with van der Waals surface area (Å²) in [6, 6.07) is 5.56. The first-order valence-corrected chi connectivity index (χ1v) is 6.50. The number of primary amides is 1. The lowest BCUT2D eigenvalue weighted by Gasteiger charge is -2.07. The van der Waals surface area contributed by atoms with Crippen LogP contribution in [0.3, 0.4) is 0 Å². The number of nitrogens with two attached hydrogens (primary N) is 1. The Hall–Kier alpha value is -2.21. The van der Waals surface area contributed by atoms with Gasteiger partial charge in [0.2, 0.25) is 0 Å². The van der Waals surface area contributed by atoms with Crippen LogP contribution in [0, 0.1) is 5.82 Å². The molecule has 3 N–H and O–H groups in total. The standard InChI is InChI=1S/C14H15FN4O/c15-12-5-9(6-17-11-2-3-11)1-4-13(12)19-8-10(7-18-19)14(16)20/h1,4-5,7-8,11,17H,2-3,6H2,(H2,16,20). The van der Waals surface area contributed by atoms with E-state index in [1.807, 2.05) is 6.07 Å². The van der Waals surface area contributed by atoms with Gasteiger partial charge in [0.25, 0.3) is 5.91 Å². The molecule has 20 heavy (non-hydrogen) atoms. The van der Waals surface area contributed by atoms with Gasteiger partial charge in [0.15, 0.2) is 0 Å². The highest BCUT2D eigenvalue weighted by atomic mass is 19.1. The number of hydrogen-bond acceptors (Lipinski definition) is 3. The zero-order valence-corrected chi connectivity index (χ0v) is 10.8. The van der Waals surface area contributed by atoms with E-state index in [1.165, 1.54) is 36.0 Å². The number of hydrogen-bond donors (Lipinski definition) is 2. The van der Waals surface area contributed by atoms with Gasteiger partial charge >= 0.3 is 0 Å². The SMILES string of the molecule is NC(=O)c1cnn(-c2ccc(CNC3CC3)cc2F)c1. The summed E-state index contributed by atoms with van der Waals surface area (Å²) < 4.78 is 15.4. The lowest BCUT2D eigenvalue weighted by Crippen LogP contribution is -2.15. The van der Waals surface area contributed by atoms with Gasteiger partial charge in [0.05, 0.1) is 11.8 Å². The van der Waals surface area contributed by atoms with Gasteiger partial charge in [-0.1, -0.05) is 6.07 Å². The largest absolute Gasteiger partial charge is 0.366 e. The second-order valence-corrected chi connectivity index (χ2v) is 4.98. The molecule has 0 aliphatic heterocycles. The third kappa shape index (κ3) is 2.70. The lowest BCUT2D eigenvalue weighted by atomic mass is 10.2. The molecule has 0 radical (unpaired) electrons. The van der Waals surface area contributed by atoms with E-state index in [-0.39, 0.29) is 11.4 Å². The molecule has 1 aliphatic rings. The molecule has 1 aliphatic carbocycles. The molecule has 0 atom stereocenters. The summed E-state index contributed by atoms with van der Waals surface area (Å²) in [6.07, 6.45) is 5.14. The molecule has 0 saturated heterocycles. The molecule has 3 rings (SSSR count). The van der Waals surface area contributed by atoms with Crippen molar-refractivity contribution in [1.82, 2.24) is 15.1 Å². The van der Waals surface area contributed by atoms with Crippen LogP contribution in [0.1, 0.15) is 28.8 Å². The van der Waals surface area contributed by atoms with E-state index in [2.05, 4.69) is 10.4 Å². The Morgan fingerprint density at radius 1 is 1.50 bits per heavy atom. The highest BCUT2D eigenvalue weighted by Gasteiger charge is 2.20. The molecule has 1 heterocycles. The van der Waals surface area contributed by atoms with E-state index in [9.17, 15) is 9.18 Å². The summed E-state index contributed by atoms with van der Waals surface area (Å²) in [4.78, 5) is 11.0. The maximum Gasteiger partial charge on any atom is 0.251 e. The minimum atomic E-state index is -0.582. The number of aromatic nitrogens is 2. The normalized spacial score (nSPS) is 14.4. The number of amides is 1. The van der Waals surface area contributed by atoms with Crippen LogP contribution in [0.5, 0.6) is 0 Å². The summed E-state index contributed by atoms with van der Waals surface area (Å²) in [6.45, 7) is 0.660. The molecular weight excluding hydrogens is 259 g/mol. The number of carbonyl (C=O) groups is 1. The molecule has 0 bridgehead atoms. The van der Waals surface area contributed by atoms with E-state index in [0.29, 0.717) is 18.3 Å². The average molecular weight is 274 g/mol. The monoisotopic (exact) mass is 274 g/mol. The molecule has 2 aromatic rings. The van der Waals surface area contributed by atoms with Crippen LogP contribution >= 0.6 is 0 Å². The third-order valence-electron chi connectivity index (χ3n) is 3.30. The fourth-order valence-corrected chi connectivity index (χ4v) is 1.98. The van der Waals surface area contributed by atoms with Crippen molar-refractivity contribution in [2.75, 3.05) is 0 Å². The van der Waals surface area contributed by atoms with Gasteiger partial charge in [0.1, 0.15) is 11.5 Å². The van der Waals surface area contributed by atoms with Gasteiger partial charge in [0, 0.05) is 18.8 Å². The molecule has 5 nitrogen and oxygen atoms in total. The first kappa shape index (κ1) is 12.8. The number of rotatable bonds is 5. The van der Waals surface area contributed by atoms with Crippen LogP contribution in [0.2, 0.25) is 0 Å². The highest BCUT2D eigenvalue weighted by Crippen LogP contribution is 2.20. The summed E-state index contributed by atoms with van der Waals surface area (Å²) in [7, 11) is 0. The molecule has 0 unspecified atom stereocenters. The molecular formula is C14H15FN4O. The summed E-state index contributed by atoms with van der Waals surface area (Å²) in [5.41, 5.74) is 6.59. The second-order valence-electron chi connectivity index (χ2n) is 4.98. The van der Waals surface area contributed by atoms with E-state index >= 15 is 0 Å². The maximum atomic E-state index is 14.1. The third-order valence-corrected chi connectivity index (χ3v) is 3.30. The van der Waals surface area contributed by atoms with Gasteiger partial charge in [-0.05, 0) is 30.5 Å². The summed E-state index contributed by atoms with van der Waals surface area (Å²) >= 11 is 0. The van der Waals surface area contributed by atoms with E-state index in [1.54, 1.807) is 6.07 Å². The van der Waals surface area contributed by atoms with Crippen molar-refractivity contribution >= 4 is 5.91 Å². The second kappa shape index (κ2) is 5.05. The lowest BCUT2D eigenvalue weighted by molar-refractivity contribution is 0.100. The van der Waals surface area contributed by atoms with Crippen LogP contribution in [0.4, 0.5) is 4.39 Å². The van der Waals surface area contributed by atoms with Crippen LogP contribution in [-0.4, -0.2) is 21.7 Å². The number of benzene rings is 1. The predicted molar refractivity (Wildman–Crippen MR) is 71.9 cm³/mol. The molecule has 1 aromatic heterocycles. The summed E-state index contributed by atoms with van der Waals surface area (Å²) in [5, 5.41) is 7.27. The van der Waals surface area contributed by atoms with Crippen LogP contribution in [0.25, 0.3) is 5.69 Å². The molecule has 104 valence electrons. The molecule has 1 saturated carbocycles. The van der Waals surface area contributed by atoms with Crippen molar-refractivity contribution in [2.45, 2.75) is 25.4 Å².